The molecule has 0 amide bonds. The maximum absolute atomic E-state index is 12.1. The number of hydrogen-bond donors (Lipinski definition) is 4. The lowest BCUT2D eigenvalue weighted by molar-refractivity contribution is 0.397. The zero-order chi connectivity index (χ0) is 58.7. The molecule has 419 valence electrons. The highest BCUT2D eigenvalue weighted by Gasteiger charge is 2.28. The number of H-pyrrole nitrogens is 4. The summed E-state index contributed by atoms with van der Waals surface area (Å²) >= 11 is 0. The summed E-state index contributed by atoms with van der Waals surface area (Å²) in [5.74, 6) is 0. The third kappa shape index (κ3) is 14.8. The fourth-order valence-electron chi connectivity index (χ4n) is 9.90. The summed E-state index contributed by atoms with van der Waals surface area (Å²) in [5, 5.41) is 8.14. The van der Waals surface area contributed by atoms with Crippen LogP contribution in [0, 0.1) is 0 Å². The molecule has 10 rings (SSSR count). The van der Waals surface area contributed by atoms with Gasteiger partial charge in [0.15, 0.2) is 0 Å². The van der Waals surface area contributed by atoms with E-state index in [1.54, 1.807) is 21.5 Å². The number of pyridine rings is 2. The van der Waals surface area contributed by atoms with Crippen molar-refractivity contribution < 1.29 is 0 Å². The molecule has 0 saturated heterocycles. The molecule has 3 radical (unpaired) electrons. The molecule has 4 aromatic heterocycles. The van der Waals surface area contributed by atoms with E-state index < -0.39 is 0 Å². The molecule has 0 aliphatic carbocycles. The van der Waals surface area contributed by atoms with Crippen molar-refractivity contribution in [3.05, 3.63) is 186 Å². The Labute approximate surface area is 471 Å². The number of rotatable bonds is 0. The van der Waals surface area contributed by atoms with Gasteiger partial charge in [-0.3, -0.25) is 18.7 Å². The molecule has 0 aliphatic rings. The third-order valence-electron chi connectivity index (χ3n) is 13.5. The molecule has 0 spiro atoms. The Kier molecular flexibility index (Phi) is 20.0. The molecule has 0 bridgehead atoms. The molecule has 4 heterocycles. The predicted molar refractivity (Wildman–Crippen MR) is 343 cm³/mol. The summed E-state index contributed by atoms with van der Waals surface area (Å²) in [6.07, 6.45) is 3.43. The fraction of sp³-hybridized carbons (Fsp3) is 0.412. The van der Waals surface area contributed by atoms with Gasteiger partial charge in [0.25, 0.3) is 11.1 Å². The number of benzene rings is 6. The molecular formula is C68H90BN6O4. The molecule has 0 unspecified atom stereocenters. The minimum Gasteiger partial charge on any atom is -0.329 e. The van der Waals surface area contributed by atoms with Crippen LogP contribution < -0.4 is 22.5 Å². The maximum atomic E-state index is 12.1. The van der Waals surface area contributed by atoms with Crippen molar-refractivity contribution >= 4 is 73.6 Å². The molecular weight excluding hydrogens is 976 g/mol. The molecule has 10 aromatic rings. The first-order chi connectivity index (χ1) is 36.1. The smallest absolute Gasteiger partial charge is 0.326 e. The van der Waals surface area contributed by atoms with Crippen LogP contribution in [0.15, 0.2) is 141 Å². The van der Waals surface area contributed by atoms with Crippen molar-refractivity contribution in [3.63, 3.8) is 0 Å². The second-order valence-electron chi connectivity index (χ2n) is 25.9. The number of hydrogen-bond acceptors (Lipinski definition) is 4. The van der Waals surface area contributed by atoms with Gasteiger partial charge in [0.1, 0.15) is 0 Å². The van der Waals surface area contributed by atoms with Crippen molar-refractivity contribution in [1.82, 2.24) is 29.1 Å². The van der Waals surface area contributed by atoms with Crippen molar-refractivity contribution in [1.29, 1.82) is 0 Å². The standard InChI is InChI=1S/2C21H25NO.2C11H14N2O.2C2H6.B/c2*1-20(2,3)17-11-14-9-13-7-8-22-19(23)16(13)10-15(14)12-18(17)21(4,5)6;2*1-11(2,3)13-9-7-5-4-6-8(9)12-10(13)14;2*1-2;/h2*7-12H,1-6H3,(H,22,23);2*4-7H,1-3H3,(H,12,14);2*1-2H3;. The van der Waals surface area contributed by atoms with Crippen molar-refractivity contribution in [3.8, 4) is 0 Å². The number of nitrogens with one attached hydrogen (secondary N) is 4. The second kappa shape index (κ2) is 24.5. The van der Waals surface area contributed by atoms with Gasteiger partial charge in [-0.05, 0) is 178 Å². The highest BCUT2D eigenvalue weighted by atomic mass is 16.2. The van der Waals surface area contributed by atoms with Crippen LogP contribution >= 0.6 is 0 Å². The van der Waals surface area contributed by atoms with Gasteiger partial charge in [-0.2, -0.15) is 0 Å². The van der Waals surface area contributed by atoms with E-state index in [9.17, 15) is 19.2 Å². The molecule has 0 aliphatic heterocycles. The summed E-state index contributed by atoms with van der Waals surface area (Å²) in [6.45, 7) is 47.2. The Morgan fingerprint density at radius 1 is 0.342 bits per heavy atom. The summed E-state index contributed by atoms with van der Waals surface area (Å²) in [5.41, 5.74) is 8.96. The average Bonchev–Trinajstić information content (AvgIpc) is 3.90. The van der Waals surface area contributed by atoms with Gasteiger partial charge in [0, 0.05) is 42.7 Å². The Hall–Kier alpha value is -7.14. The van der Waals surface area contributed by atoms with Crippen molar-refractivity contribution in [2.24, 2.45) is 0 Å². The fourth-order valence-corrected chi connectivity index (χ4v) is 9.90. The van der Waals surface area contributed by atoms with Crippen LogP contribution in [0.4, 0.5) is 0 Å². The highest BCUT2D eigenvalue weighted by Crippen LogP contribution is 2.39. The largest absolute Gasteiger partial charge is 0.329 e. The van der Waals surface area contributed by atoms with Crippen molar-refractivity contribution in [2.45, 2.75) is 185 Å². The topological polar surface area (TPSA) is 141 Å². The molecule has 10 nitrogen and oxygen atoms in total. The molecule has 11 heteroatoms. The first-order valence-corrected chi connectivity index (χ1v) is 27.8. The molecule has 6 aromatic carbocycles. The molecule has 4 N–H and O–H groups in total. The van der Waals surface area contributed by atoms with Gasteiger partial charge in [-0.1, -0.05) is 159 Å². The van der Waals surface area contributed by atoms with Gasteiger partial charge >= 0.3 is 11.4 Å². The number of nitrogens with zero attached hydrogens (tertiary/aromatic N) is 2. The minimum atomic E-state index is -0.184. The van der Waals surface area contributed by atoms with E-state index in [0.717, 1.165) is 54.4 Å². The van der Waals surface area contributed by atoms with E-state index in [2.05, 4.69) is 139 Å². The van der Waals surface area contributed by atoms with Crippen LogP contribution in [0.2, 0.25) is 0 Å². The average molecular weight is 1070 g/mol. The predicted octanol–water partition coefficient (Wildman–Crippen LogP) is 16.4. The van der Waals surface area contributed by atoms with E-state index in [4.69, 9.17) is 0 Å². The highest BCUT2D eigenvalue weighted by molar-refractivity contribution is 5.99. The lowest BCUT2D eigenvalue weighted by Crippen LogP contribution is -2.31. The first-order valence-electron chi connectivity index (χ1n) is 27.8. The van der Waals surface area contributed by atoms with Crippen LogP contribution in [0.1, 0.15) is 175 Å². The SMILES string of the molecule is CC.CC.CC(C)(C)c1cc2cc3cc[nH]c(=O)c3cc2cc1C(C)(C)C.CC(C)(C)c1cc2cc3cc[nH]c(=O)c3cc2cc1C(C)(C)C.CC(C)(C)n1c(=O)[nH]c2ccccc21.CC(C)(C)n1c(=O)[nH]c2ccccc21.[B]. The molecule has 0 atom stereocenters. The maximum Gasteiger partial charge on any atom is 0.326 e. The van der Waals surface area contributed by atoms with Crippen LogP contribution in [0.5, 0.6) is 0 Å². The van der Waals surface area contributed by atoms with Crippen LogP contribution in [-0.4, -0.2) is 37.5 Å². The third-order valence-corrected chi connectivity index (χ3v) is 13.5. The lowest BCUT2D eigenvalue weighted by atomic mass is 9.74. The van der Waals surface area contributed by atoms with Gasteiger partial charge in [-0.15, -0.1) is 0 Å². The quantitative estimate of drug-likeness (QED) is 0.0886. The van der Waals surface area contributed by atoms with Crippen molar-refractivity contribution in [2.75, 3.05) is 0 Å². The summed E-state index contributed by atoms with van der Waals surface area (Å²) < 4.78 is 3.56. The first kappa shape index (κ1) is 64.4. The van der Waals surface area contributed by atoms with E-state index in [1.807, 2.05) is 142 Å². The Bertz CT molecular complexity index is 3690. The molecule has 0 fully saturated rings. The normalized spacial score (nSPS) is 12.0. The Morgan fingerprint density at radius 3 is 0.873 bits per heavy atom. The van der Waals surface area contributed by atoms with Gasteiger partial charge in [0.05, 0.1) is 22.1 Å². The Morgan fingerprint density at radius 2 is 0.608 bits per heavy atom. The number of aromatic amines is 4. The number of aromatic nitrogens is 6. The summed E-state index contributed by atoms with van der Waals surface area (Å²) in [7, 11) is 0. The summed E-state index contributed by atoms with van der Waals surface area (Å²) in [6, 6.07) is 36.8. The second-order valence-corrected chi connectivity index (χ2v) is 25.9. The molecule has 0 saturated carbocycles. The lowest BCUT2D eigenvalue weighted by Gasteiger charge is -2.30. The zero-order valence-corrected chi connectivity index (χ0v) is 51.7. The zero-order valence-electron chi connectivity index (χ0n) is 51.7. The van der Waals surface area contributed by atoms with Crippen LogP contribution in [0.3, 0.4) is 0 Å². The van der Waals surface area contributed by atoms with Gasteiger partial charge in [0.2, 0.25) is 0 Å². The van der Waals surface area contributed by atoms with E-state index in [1.165, 1.54) is 33.0 Å². The van der Waals surface area contributed by atoms with Gasteiger partial charge in [-0.25, -0.2) is 9.59 Å². The molecule has 79 heavy (non-hydrogen) atoms. The van der Waals surface area contributed by atoms with Gasteiger partial charge < -0.3 is 19.9 Å². The monoisotopic (exact) mass is 1070 g/mol. The minimum absolute atomic E-state index is 0. The number of imidazole rings is 2. The Balaban J connectivity index is 0.000000226. The van der Waals surface area contributed by atoms with E-state index in [0.29, 0.717) is 0 Å². The number of fused-ring (bicyclic) bond motifs is 6. The van der Waals surface area contributed by atoms with E-state index >= 15 is 0 Å². The van der Waals surface area contributed by atoms with Crippen LogP contribution in [0.25, 0.3) is 65.2 Å². The summed E-state index contributed by atoms with van der Waals surface area (Å²) in [4.78, 5) is 58.7. The van der Waals surface area contributed by atoms with E-state index in [-0.39, 0.29) is 63.6 Å². The van der Waals surface area contributed by atoms with Crippen LogP contribution in [-0.2, 0) is 32.7 Å². The number of para-hydroxylation sites is 4.